The number of hydrogen-bond donors (Lipinski definition) is 0. The number of unbranched alkanes of at least 4 members (excludes halogenated alkanes) is 2. The first kappa shape index (κ1) is 22.6. The second kappa shape index (κ2) is 10.8. The fraction of sp³-hybridized carbons (Fsp3) is 0.419. The van der Waals surface area contributed by atoms with Crippen molar-refractivity contribution in [1.82, 2.24) is 0 Å². The predicted molar refractivity (Wildman–Crippen MR) is 135 cm³/mol. The minimum absolute atomic E-state index is 0.0679. The van der Waals surface area contributed by atoms with Crippen LogP contribution in [0.2, 0.25) is 0 Å². The number of fused-ring (bicyclic) bond motifs is 1. The smallest absolute Gasteiger partial charge is 0.134 e. The highest BCUT2D eigenvalue weighted by molar-refractivity contribution is 5.85. The van der Waals surface area contributed by atoms with Gasteiger partial charge in [0.1, 0.15) is 5.82 Å². The Morgan fingerprint density at radius 3 is 2.25 bits per heavy atom. The first-order valence-electron chi connectivity index (χ1n) is 12.5. The Kier molecular flexibility index (Phi) is 7.64. The van der Waals surface area contributed by atoms with Crippen molar-refractivity contribution in [3.05, 3.63) is 82.7 Å². The molecule has 4 rings (SSSR count). The molecule has 1 saturated carbocycles. The van der Waals surface area contributed by atoms with Crippen LogP contribution in [0.1, 0.15) is 93.4 Å². The van der Waals surface area contributed by atoms with Crippen molar-refractivity contribution < 1.29 is 4.39 Å². The Morgan fingerprint density at radius 1 is 0.812 bits per heavy atom. The largest absolute Gasteiger partial charge is 0.206 e. The van der Waals surface area contributed by atoms with E-state index in [0.29, 0.717) is 11.3 Å². The lowest BCUT2D eigenvalue weighted by molar-refractivity contribution is 0.319. The van der Waals surface area contributed by atoms with Gasteiger partial charge in [-0.3, -0.25) is 0 Å². The molecule has 0 aliphatic heterocycles. The van der Waals surface area contributed by atoms with E-state index < -0.39 is 0 Å². The van der Waals surface area contributed by atoms with Gasteiger partial charge in [-0.2, -0.15) is 0 Å². The van der Waals surface area contributed by atoms with Gasteiger partial charge in [0, 0.05) is 16.5 Å². The molecule has 3 aromatic rings. The fourth-order valence-electron chi connectivity index (χ4n) is 5.06. The van der Waals surface area contributed by atoms with Crippen LogP contribution < -0.4 is 0 Å². The van der Waals surface area contributed by atoms with Crippen LogP contribution in [-0.2, 0) is 6.42 Å². The third kappa shape index (κ3) is 5.42. The van der Waals surface area contributed by atoms with Gasteiger partial charge in [0.15, 0.2) is 0 Å². The van der Waals surface area contributed by atoms with Crippen molar-refractivity contribution in [3.8, 4) is 11.8 Å². The normalized spacial score (nSPS) is 18.3. The Morgan fingerprint density at radius 2 is 1.53 bits per heavy atom. The van der Waals surface area contributed by atoms with E-state index in [1.807, 2.05) is 30.3 Å². The number of aryl methyl sites for hydroxylation is 1. The summed E-state index contributed by atoms with van der Waals surface area (Å²) in [5.74, 6) is 8.13. The zero-order valence-electron chi connectivity index (χ0n) is 19.6. The summed E-state index contributed by atoms with van der Waals surface area (Å²) in [5.41, 5.74) is 4.25. The monoisotopic (exact) mass is 426 g/mol. The van der Waals surface area contributed by atoms with Gasteiger partial charge >= 0.3 is 0 Å². The van der Waals surface area contributed by atoms with Crippen molar-refractivity contribution in [2.75, 3.05) is 0 Å². The van der Waals surface area contributed by atoms with E-state index in [2.05, 4.69) is 50.0 Å². The lowest BCUT2D eigenvalue weighted by atomic mass is 9.78. The van der Waals surface area contributed by atoms with Gasteiger partial charge in [0.2, 0.25) is 0 Å². The summed E-state index contributed by atoms with van der Waals surface area (Å²) >= 11 is 0. The molecule has 0 saturated heterocycles. The van der Waals surface area contributed by atoms with E-state index in [0.717, 1.165) is 53.7 Å². The maximum absolute atomic E-state index is 14.9. The average Bonchev–Trinajstić information content (AvgIpc) is 2.84. The highest BCUT2D eigenvalue weighted by Gasteiger charge is 2.20. The zero-order valence-corrected chi connectivity index (χ0v) is 19.6. The minimum Gasteiger partial charge on any atom is -0.206 e. The highest BCUT2D eigenvalue weighted by Crippen LogP contribution is 2.36. The van der Waals surface area contributed by atoms with Gasteiger partial charge < -0.3 is 0 Å². The first-order valence-corrected chi connectivity index (χ1v) is 12.5. The van der Waals surface area contributed by atoms with Crippen molar-refractivity contribution in [2.24, 2.45) is 5.92 Å². The summed E-state index contributed by atoms with van der Waals surface area (Å²) in [6.07, 6.45) is 10.8. The summed E-state index contributed by atoms with van der Waals surface area (Å²) in [4.78, 5) is 0. The molecule has 0 heterocycles. The van der Waals surface area contributed by atoms with Crippen LogP contribution in [0.3, 0.4) is 0 Å². The SMILES string of the molecule is CCCCCc1ccc2cc(C#Cc3ccc(C4CCC(CC)CC4)cc3)ccc2c1F. The molecular weight excluding hydrogens is 391 g/mol. The Hall–Kier alpha value is -2.59. The van der Waals surface area contributed by atoms with Gasteiger partial charge in [-0.05, 0) is 91.1 Å². The molecule has 3 aromatic carbocycles. The molecule has 0 radical (unpaired) electrons. The second-order valence-corrected chi connectivity index (χ2v) is 9.43. The van der Waals surface area contributed by atoms with Crippen molar-refractivity contribution in [3.63, 3.8) is 0 Å². The van der Waals surface area contributed by atoms with E-state index in [4.69, 9.17) is 0 Å². The van der Waals surface area contributed by atoms with Gasteiger partial charge in [-0.1, -0.05) is 75.3 Å². The summed E-state index contributed by atoms with van der Waals surface area (Å²) in [6.45, 7) is 4.49. The summed E-state index contributed by atoms with van der Waals surface area (Å²) in [5, 5.41) is 1.62. The Labute approximate surface area is 193 Å². The van der Waals surface area contributed by atoms with Crippen LogP contribution >= 0.6 is 0 Å². The summed E-state index contributed by atoms with van der Waals surface area (Å²) in [6, 6.07) is 18.6. The molecule has 0 N–H and O–H groups in total. The second-order valence-electron chi connectivity index (χ2n) is 9.43. The van der Waals surface area contributed by atoms with E-state index in [1.165, 1.54) is 37.7 Å². The average molecular weight is 427 g/mol. The quantitative estimate of drug-likeness (QED) is 0.273. The lowest BCUT2D eigenvalue weighted by Crippen LogP contribution is -2.12. The zero-order chi connectivity index (χ0) is 22.3. The van der Waals surface area contributed by atoms with E-state index in [1.54, 1.807) is 0 Å². The summed E-state index contributed by atoms with van der Waals surface area (Å²) in [7, 11) is 0. The number of benzene rings is 3. The van der Waals surface area contributed by atoms with Gasteiger partial charge in [-0.15, -0.1) is 0 Å². The van der Waals surface area contributed by atoms with Crippen LogP contribution in [0.5, 0.6) is 0 Å². The molecule has 0 atom stereocenters. The maximum Gasteiger partial charge on any atom is 0.134 e. The van der Waals surface area contributed by atoms with Gasteiger partial charge in [0.05, 0.1) is 0 Å². The number of halogens is 1. The third-order valence-electron chi connectivity index (χ3n) is 7.24. The van der Waals surface area contributed by atoms with Crippen LogP contribution in [0.4, 0.5) is 4.39 Å². The van der Waals surface area contributed by atoms with Crippen LogP contribution in [0.25, 0.3) is 10.8 Å². The first-order chi connectivity index (χ1) is 15.7. The molecule has 166 valence electrons. The molecule has 0 nitrogen and oxygen atoms in total. The van der Waals surface area contributed by atoms with Gasteiger partial charge in [-0.25, -0.2) is 4.39 Å². The molecule has 0 bridgehead atoms. The topological polar surface area (TPSA) is 0 Å². The van der Waals surface area contributed by atoms with Crippen LogP contribution in [0.15, 0.2) is 54.6 Å². The van der Waals surface area contributed by atoms with Crippen molar-refractivity contribution >= 4 is 10.8 Å². The number of rotatable bonds is 6. The molecule has 1 fully saturated rings. The Balaban J connectivity index is 1.45. The molecule has 1 aliphatic carbocycles. The Bertz CT molecular complexity index is 1090. The molecule has 32 heavy (non-hydrogen) atoms. The summed E-state index contributed by atoms with van der Waals surface area (Å²) < 4.78 is 14.9. The minimum atomic E-state index is -0.0679. The number of hydrogen-bond acceptors (Lipinski definition) is 0. The van der Waals surface area contributed by atoms with Crippen molar-refractivity contribution in [2.45, 2.75) is 77.6 Å². The predicted octanol–water partition coefficient (Wildman–Crippen LogP) is 8.80. The lowest BCUT2D eigenvalue weighted by Gasteiger charge is -2.28. The maximum atomic E-state index is 14.9. The third-order valence-corrected chi connectivity index (χ3v) is 7.24. The molecule has 1 aliphatic rings. The standard InChI is InChI=1S/C31H35F/c1-3-5-6-7-28-19-20-29-22-25(14-21-30(29)31(28)32)9-8-24-12-17-27(18-13-24)26-15-10-23(4-2)11-16-26/h12-14,17-23,26H,3-7,10-11,15-16H2,1-2H3. The molecule has 0 spiro atoms. The highest BCUT2D eigenvalue weighted by atomic mass is 19.1. The van der Waals surface area contributed by atoms with Crippen LogP contribution in [-0.4, -0.2) is 0 Å². The molecule has 1 heteroatoms. The molecule has 0 aromatic heterocycles. The fourth-order valence-corrected chi connectivity index (χ4v) is 5.06. The molecule has 0 unspecified atom stereocenters. The van der Waals surface area contributed by atoms with Gasteiger partial charge in [0.25, 0.3) is 0 Å². The van der Waals surface area contributed by atoms with E-state index in [9.17, 15) is 4.39 Å². The van der Waals surface area contributed by atoms with Crippen molar-refractivity contribution in [1.29, 1.82) is 0 Å². The van der Waals surface area contributed by atoms with E-state index in [-0.39, 0.29) is 5.82 Å². The van der Waals surface area contributed by atoms with E-state index >= 15 is 0 Å². The molecular formula is C31H35F. The molecule has 0 amide bonds. The van der Waals surface area contributed by atoms with Crippen LogP contribution in [0, 0.1) is 23.6 Å².